The number of anilines is 1. The zero-order valence-electron chi connectivity index (χ0n) is 17.7. The van der Waals surface area contributed by atoms with Crippen molar-refractivity contribution in [1.82, 2.24) is 5.43 Å². The van der Waals surface area contributed by atoms with Gasteiger partial charge in [0.25, 0.3) is 5.91 Å². The zero-order chi connectivity index (χ0) is 22.3. The van der Waals surface area contributed by atoms with E-state index in [0.29, 0.717) is 11.7 Å². The summed E-state index contributed by atoms with van der Waals surface area (Å²) in [4.78, 5) is 12.3. The Balaban J connectivity index is 2.13. The predicted octanol–water partition coefficient (Wildman–Crippen LogP) is 2.74. The van der Waals surface area contributed by atoms with Crippen LogP contribution >= 0.6 is 0 Å². The van der Waals surface area contributed by atoms with Gasteiger partial charge in [0.05, 0.1) is 32.4 Å². The highest BCUT2D eigenvalue weighted by atomic mass is 32.2. The van der Waals surface area contributed by atoms with Crippen LogP contribution in [0.4, 0.5) is 5.69 Å². The lowest BCUT2D eigenvalue weighted by molar-refractivity contribution is -0.119. The van der Waals surface area contributed by atoms with E-state index in [2.05, 4.69) is 24.4 Å². The van der Waals surface area contributed by atoms with Crippen molar-refractivity contribution in [2.24, 2.45) is 5.10 Å². The Kier molecular flexibility index (Phi) is 7.82. The van der Waals surface area contributed by atoms with Crippen LogP contribution in [-0.2, 0) is 14.8 Å². The van der Waals surface area contributed by atoms with Gasteiger partial charge in [0.2, 0.25) is 10.0 Å². The summed E-state index contributed by atoms with van der Waals surface area (Å²) in [5, 5.41) is 3.92. The first-order chi connectivity index (χ1) is 14.2. The van der Waals surface area contributed by atoms with Crippen molar-refractivity contribution in [1.29, 1.82) is 0 Å². The number of methoxy groups -OCH3 is 2. The number of amides is 1. The number of carbonyl (C=O) groups excluding carboxylic acids is 1. The molecule has 0 saturated heterocycles. The van der Waals surface area contributed by atoms with Gasteiger partial charge in [0, 0.05) is 6.07 Å². The van der Waals surface area contributed by atoms with Gasteiger partial charge < -0.3 is 9.47 Å². The summed E-state index contributed by atoms with van der Waals surface area (Å²) in [7, 11) is -0.854. The molecule has 30 heavy (non-hydrogen) atoms. The van der Waals surface area contributed by atoms with Gasteiger partial charge in [-0.1, -0.05) is 38.1 Å². The monoisotopic (exact) mass is 433 g/mol. The summed E-state index contributed by atoms with van der Waals surface area (Å²) >= 11 is 0. The standard InChI is InChI=1S/C21H27N3O5S/c1-15(2)17-8-6-16(7-9-17)13-22-23-21(25)14-24(30(5,26)27)19-11-10-18(28-3)12-20(19)29-4/h6-13,15H,14H2,1-5H3,(H,23,25)/b22-13-. The smallest absolute Gasteiger partial charge is 0.260 e. The maximum atomic E-state index is 12.3. The van der Waals surface area contributed by atoms with Crippen molar-refractivity contribution in [3.8, 4) is 11.5 Å². The van der Waals surface area contributed by atoms with E-state index >= 15 is 0 Å². The minimum atomic E-state index is -3.76. The third kappa shape index (κ3) is 6.21. The number of nitrogens with one attached hydrogen (secondary N) is 1. The molecule has 0 atom stereocenters. The lowest BCUT2D eigenvalue weighted by Gasteiger charge is -2.23. The summed E-state index contributed by atoms with van der Waals surface area (Å²) in [5.74, 6) is 0.601. The number of hydrogen-bond donors (Lipinski definition) is 1. The topological polar surface area (TPSA) is 97.3 Å². The van der Waals surface area contributed by atoms with Crippen molar-refractivity contribution in [3.63, 3.8) is 0 Å². The Morgan fingerprint density at radius 1 is 1.13 bits per heavy atom. The first-order valence-electron chi connectivity index (χ1n) is 9.27. The van der Waals surface area contributed by atoms with Crippen LogP contribution in [0.25, 0.3) is 0 Å². The van der Waals surface area contributed by atoms with E-state index in [1.165, 1.54) is 32.1 Å². The van der Waals surface area contributed by atoms with Crippen molar-refractivity contribution >= 4 is 27.8 Å². The molecule has 0 bridgehead atoms. The average Bonchev–Trinajstić information content (AvgIpc) is 2.71. The largest absolute Gasteiger partial charge is 0.497 e. The van der Waals surface area contributed by atoms with Gasteiger partial charge >= 0.3 is 0 Å². The molecule has 9 heteroatoms. The summed E-state index contributed by atoms with van der Waals surface area (Å²) in [6.07, 6.45) is 2.52. The second kappa shape index (κ2) is 10.1. The van der Waals surface area contributed by atoms with Crippen molar-refractivity contribution in [2.45, 2.75) is 19.8 Å². The van der Waals surface area contributed by atoms with Gasteiger partial charge in [-0.05, 0) is 29.2 Å². The van der Waals surface area contributed by atoms with E-state index in [-0.39, 0.29) is 11.4 Å². The molecular formula is C21H27N3O5S. The number of benzene rings is 2. The summed E-state index contributed by atoms with van der Waals surface area (Å²) in [6.45, 7) is 3.76. The maximum Gasteiger partial charge on any atom is 0.260 e. The Bertz CT molecular complexity index is 1000. The fraction of sp³-hybridized carbons (Fsp3) is 0.333. The fourth-order valence-electron chi connectivity index (χ4n) is 2.68. The number of ether oxygens (including phenoxy) is 2. The second-order valence-corrected chi connectivity index (χ2v) is 8.83. The number of nitrogens with zero attached hydrogens (tertiary/aromatic N) is 2. The zero-order valence-corrected chi connectivity index (χ0v) is 18.6. The van der Waals surface area contributed by atoms with Crippen LogP contribution in [0, 0.1) is 0 Å². The Morgan fingerprint density at radius 3 is 2.33 bits per heavy atom. The molecule has 2 aromatic rings. The molecule has 2 aromatic carbocycles. The quantitative estimate of drug-likeness (QED) is 0.484. The molecule has 0 spiro atoms. The van der Waals surface area contributed by atoms with E-state index in [1.54, 1.807) is 12.1 Å². The first-order valence-corrected chi connectivity index (χ1v) is 11.1. The molecule has 0 fully saturated rings. The average molecular weight is 434 g/mol. The highest BCUT2D eigenvalue weighted by Gasteiger charge is 2.24. The third-order valence-electron chi connectivity index (χ3n) is 4.35. The van der Waals surface area contributed by atoms with Crippen LogP contribution in [0.2, 0.25) is 0 Å². The summed E-state index contributed by atoms with van der Waals surface area (Å²) in [5.41, 5.74) is 4.60. The van der Waals surface area contributed by atoms with Gasteiger partial charge in [-0.3, -0.25) is 9.10 Å². The number of hydrazone groups is 1. The van der Waals surface area contributed by atoms with Crippen LogP contribution in [-0.4, -0.2) is 47.6 Å². The molecule has 0 aliphatic rings. The molecule has 0 saturated carbocycles. The number of carbonyl (C=O) groups is 1. The molecule has 0 unspecified atom stereocenters. The van der Waals surface area contributed by atoms with Gasteiger partial charge in [-0.15, -0.1) is 0 Å². The van der Waals surface area contributed by atoms with Gasteiger partial charge in [0.1, 0.15) is 18.0 Å². The normalized spacial score (nSPS) is 11.5. The van der Waals surface area contributed by atoms with Crippen molar-refractivity contribution < 1.29 is 22.7 Å². The molecule has 0 radical (unpaired) electrons. The van der Waals surface area contributed by atoms with Crippen LogP contribution in [0.3, 0.4) is 0 Å². The van der Waals surface area contributed by atoms with Gasteiger partial charge in [-0.2, -0.15) is 5.10 Å². The van der Waals surface area contributed by atoms with E-state index in [1.807, 2.05) is 24.3 Å². The highest BCUT2D eigenvalue weighted by Crippen LogP contribution is 2.33. The SMILES string of the molecule is COc1ccc(N(CC(=O)N/N=C\c2ccc(C(C)C)cc2)S(C)(=O)=O)c(OC)c1. The van der Waals surface area contributed by atoms with E-state index in [4.69, 9.17) is 9.47 Å². The predicted molar refractivity (Wildman–Crippen MR) is 118 cm³/mol. The molecule has 1 amide bonds. The Labute approximate surface area is 177 Å². The molecule has 162 valence electrons. The van der Waals surface area contributed by atoms with Crippen LogP contribution < -0.4 is 19.2 Å². The summed E-state index contributed by atoms with van der Waals surface area (Å²) < 4.78 is 35.9. The maximum absolute atomic E-state index is 12.3. The van der Waals surface area contributed by atoms with Crippen molar-refractivity contribution in [2.75, 3.05) is 31.3 Å². The second-order valence-electron chi connectivity index (χ2n) is 6.92. The van der Waals surface area contributed by atoms with E-state index in [9.17, 15) is 13.2 Å². The Hall–Kier alpha value is -3.07. The molecule has 1 N–H and O–H groups in total. The molecular weight excluding hydrogens is 406 g/mol. The van der Waals surface area contributed by atoms with E-state index in [0.717, 1.165) is 16.1 Å². The molecule has 0 heterocycles. The number of rotatable bonds is 9. The third-order valence-corrected chi connectivity index (χ3v) is 5.48. The van der Waals surface area contributed by atoms with Crippen molar-refractivity contribution in [3.05, 3.63) is 53.6 Å². The minimum Gasteiger partial charge on any atom is -0.497 e. The van der Waals surface area contributed by atoms with Gasteiger partial charge in [-0.25, -0.2) is 13.8 Å². The molecule has 0 aromatic heterocycles. The van der Waals surface area contributed by atoms with Crippen LogP contribution in [0.15, 0.2) is 47.6 Å². The van der Waals surface area contributed by atoms with Crippen LogP contribution in [0.5, 0.6) is 11.5 Å². The lowest BCUT2D eigenvalue weighted by Crippen LogP contribution is -2.39. The molecule has 0 aliphatic heterocycles. The molecule has 8 nitrogen and oxygen atoms in total. The first kappa shape index (κ1) is 23.2. The summed E-state index contributed by atoms with van der Waals surface area (Å²) in [6, 6.07) is 12.4. The molecule has 2 rings (SSSR count). The Morgan fingerprint density at radius 2 is 1.80 bits per heavy atom. The molecule has 0 aliphatic carbocycles. The van der Waals surface area contributed by atoms with Gasteiger partial charge in [0.15, 0.2) is 0 Å². The lowest BCUT2D eigenvalue weighted by atomic mass is 10.0. The van der Waals surface area contributed by atoms with E-state index < -0.39 is 22.5 Å². The minimum absolute atomic E-state index is 0.226. The number of sulfonamides is 1. The number of hydrogen-bond acceptors (Lipinski definition) is 6. The van der Waals surface area contributed by atoms with Crippen LogP contribution in [0.1, 0.15) is 30.9 Å². The highest BCUT2D eigenvalue weighted by molar-refractivity contribution is 7.92. The fourth-order valence-corrected chi connectivity index (χ4v) is 3.54.